The van der Waals surface area contributed by atoms with Crippen molar-refractivity contribution in [2.75, 3.05) is 11.9 Å². The zero-order valence-electron chi connectivity index (χ0n) is 14.3. The lowest BCUT2D eigenvalue weighted by atomic mass is 9.89. The summed E-state index contributed by atoms with van der Waals surface area (Å²) in [5, 5.41) is 0.0812. The topological polar surface area (TPSA) is 15.6 Å². The number of hydrogen-bond donors (Lipinski definition) is 0. The Balaban J connectivity index is 1.93. The molecular weight excluding hydrogens is 323 g/mol. The average Bonchev–Trinajstić information content (AvgIpc) is 2.53. The first-order valence-corrected chi connectivity index (χ1v) is 8.22. The first-order valence-electron chi connectivity index (χ1n) is 7.85. The molecule has 0 radical (unpaired) electrons. The van der Waals surface area contributed by atoms with Crippen molar-refractivity contribution in [3.63, 3.8) is 0 Å². The number of rotatable bonds is 2. The second kappa shape index (κ2) is 6.06. The molecule has 2 nitrogen and oxygen atoms in total. The molecule has 0 aliphatic carbocycles. The third-order valence-electron chi connectivity index (χ3n) is 4.51. The molecule has 0 aromatic heterocycles. The summed E-state index contributed by atoms with van der Waals surface area (Å²) in [6.45, 7) is 6.54. The van der Waals surface area contributed by atoms with Crippen LogP contribution in [0.25, 0.3) is 5.57 Å². The van der Waals surface area contributed by atoms with Crippen LogP contribution in [0.3, 0.4) is 0 Å². The van der Waals surface area contributed by atoms with Gasteiger partial charge in [-0.05, 0) is 62.2 Å². The van der Waals surface area contributed by atoms with Crippen LogP contribution in [0, 0.1) is 5.82 Å². The van der Waals surface area contributed by atoms with Crippen LogP contribution in [0.5, 0.6) is 0 Å². The SMILES string of the molecule is CC1=CC(C)(C)N(C)c2ccc(C=Nc3ccc(F)c(Cl)c3)cc21. The molecule has 0 bridgehead atoms. The Morgan fingerprint density at radius 2 is 1.92 bits per heavy atom. The minimum absolute atomic E-state index is 0.00243. The van der Waals surface area contributed by atoms with Gasteiger partial charge in [-0.2, -0.15) is 0 Å². The highest BCUT2D eigenvalue weighted by Gasteiger charge is 2.28. The van der Waals surface area contributed by atoms with Crippen molar-refractivity contribution in [2.24, 2.45) is 4.99 Å². The molecular formula is C20H20ClFN2. The molecule has 124 valence electrons. The van der Waals surface area contributed by atoms with Crippen molar-refractivity contribution in [3.05, 3.63) is 64.4 Å². The number of benzene rings is 2. The standard InChI is InChI=1S/C20H20ClFN2/c1-13-11-20(2,3)24(4)19-8-5-14(9-16(13)19)12-23-15-6-7-18(22)17(21)10-15/h5-12H,1-4H3. The van der Waals surface area contributed by atoms with Crippen molar-refractivity contribution in [1.29, 1.82) is 0 Å². The van der Waals surface area contributed by atoms with E-state index < -0.39 is 5.82 Å². The Kier molecular flexibility index (Phi) is 4.22. The van der Waals surface area contributed by atoms with Gasteiger partial charge in [-0.25, -0.2) is 4.39 Å². The van der Waals surface area contributed by atoms with Crippen molar-refractivity contribution in [2.45, 2.75) is 26.3 Å². The van der Waals surface area contributed by atoms with E-state index in [1.54, 1.807) is 12.3 Å². The van der Waals surface area contributed by atoms with Crippen LogP contribution in [-0.2, 0) is 0 Å². The first-order chi connectivity index (χ1) is 11.3. The van der Waals surface area contributed by atoms with Gasteiger partial charge in [0.2, 0.25) is 0 Å². The van der Waals surface area contributed by atoms with Gasteiger partial charge >= 0.3 is 0 Å². The van der Waals surface area contributed by atoms with Crippen molar-refractivity contribution < 1.29 is 4.39 Å². The highest BCUT2D eigenvalue weighted by molar-refractivity contribution is 6.31. The van der Waals surface area contributed by atoms with Crippen LogP contribution >= 0.6 is 11.6 Å². The van der Waals surface area contributed by atoms with E-state index in [1.807, 2.05) is 6.07 Å². The smallest absolute Gasteiger partial charge is 0.141 e. The lowest BCUT2D eigenvalue weighted by molar-refractivity contribution is 0.598. The maximum Gasteiger partial charge on any atom is 0.141 e. The molecule has 0 atom stereocenters. The number of fused-ring (bicyclic) bond motifs is 1. The van der Waals surface area contributed by atoms with Crippen molar-refractivity contribution in [3.8, 4) is 0 Å². The Morgan fingerprint density at radius 3 is 2.62 bits per heavy atom. The molecule has 0 saturated carbocycles. The van der Waals surface area contributed by atoms with E-state index in [0.717, 1.165) is 5.56 Å². The predicted octanol–water partition coefficient (Wildman–Crippen LogP) is 5.86. The third kappa shape index (κ3) is 3.09. The maximum atomic E-state index is 13.2. The van der Waals surface area contributed by atoms with Gasteiger partial charge in [0.15, 0.2) is 0 Å². The molecule has 3 rings (SSSR count). The first kappa shape index (κ1) is 16.7. The van der Waals surface area contributed by atoms with Gasteiger partial charge in [0, 0.05) is 24.5 Å². The summed E-state index contributed by atoms with van der Waals surface area (Å²) < 4.78 is 13.2. The van der Waals surface area contributed by atoms with E-state index in [2.05, 4.69) is 55.9 Å². The largest absolute Gasteiger partial charge is 0.366 e. The molecule has 24 heavy (non-hydrogen) atoms. The quantitative estimate of drug-likeness (QED) is 0.624. The second-order valence-electron chi connectivity index (χ2n) is 6.67. The Labute approximate surface area is 147 Å². The maximum absolute atomic E-state index is 13.2. The van der Waals surface area contributed by atoms with E-state index in [9.17, 15) is 4.39 Å². The molecule has 1 aliphatic heterocycles. The zero-order valence-corrected chi connectivity index (χ0v) is 15.0. The highest BCUT2D eigenvalue weighted by atomic mass is 35.5. The van der Waals surface area contributed by atoms with Gasteiger partial charge in [-0.1, -0.05) is 23.7 Å². The highest BCUT2D eigenvalue weighted by Crippen LogP contribution is 2.38. The summed E-state index contributed by atoms with van der Waals surface area (Å²) in [7, 11) is 2.11. The number of hydrogen-bond acceptors (Lipinski definition) is 2. The van der Waals surface area contributed by atoms with Gasteiger partial charge in [0.1, 0.15) is 5.82 Å². The lowest BCUT2D eigenvalue weighted by Crippen LogP contribution is -2.42. The zero-order chi connectivity index (χ0) is 17.5. The number of halogens is 2. The predicted molar refractivity (Wildman–Crippen MR) is 101 cm³/mol. The summed E-state index contributed by atoms with van der Waals surface area (Å²) >= 11 is 5.79. The minimum Gasteiger partial charge on any atom is -0.366 e. The fourth-order valence-electron chi connectivity index (χ4n) is 2.97. The van der Waals surface area contributed by atoms with E-state index in [4.69, 9.17) is 11.6 Å². The molecule has 0 amide bonds. The van der Waals surface area contributed by atoms with Crippen molar-refractivity contribution >= 4 is 34.8 Å². The van der Waals surface area contributed by atoms with E-state index >= 15 is 0 Å². The number of nitrogens with zero attached hydrogens (tertiary/aromatic N) is 2. The fourth-order valence-corrected chi connectivity index (χ4v) is 3.15. The number of aliphatic imine (C=N–C) groups is 1. The summed E-state index contributed by atoms with van der Waals surface area (Å²) in [5.74, 6) is -0.434. The molecule has 2 aromatic carbocycles. The fraction of sp³-hybridized carbons (Fsp3) is 0.250. The molecule has 0 spiro atoms. The number of likely N-dealkylation sites (N-methyl/N-ethyl adjacent to an activating group) is 1. The molecule has 0 fully saturated rings. The Bertz CT molecular complexity index is 853. The van der Waals surface area contributed by atoms with Crippen LogP contribution in [0.1, 0.15) is 31.9 Å². The van der Waals surface area contributed by atoms with Crippen molar-refractivity contribution in [1.82, 2.24) is 0 Å². The van der Waals surface area contributed by atoms with E-state index in [1.165, 1.54) is 29.0 Å². The molecule has 1 aliphatic rings. The Hall–Kier alpha value is -2.13. The summed E-state index contributed by atoms with van der Waals surface area (Å²) in [6.07, 6.45) is 4.05. The normalized spacial score (nSPS) is 16.2. The number of anilines is 1. The van der Waals surface area contributed by atoms with Crippen LogP contribution in [-0.4, -0.2) is 18.8 Å². The minimum atomic E-state index is -0.434. The van der Waals surface area contributed by atoms with Crippen LogP contribution in [0.4, 0.5) is 15.8 Å². The summed E-state index contributed by atoms with van der Waals surface area (Å²) in [5.41, 5.74) is 5.30. The lowest BCUT2D eigenvalue weighted by Gasteiger charge is -2.40. The molecule has 0 N–H and O–H groups in total. The molecule has 1 heterocycles. The molecule has 2 aromatic rings. The monoisotopic (exact) mass is 342 g/mol. The van der Waals surface area contributed by atoms with Gasteiger partial charge in [-0.15, -0.1) is 0 Å². The van der Waals surface area contributed by atoms with E-state index in [0.29, 0.717) is 5.69 Å². The average molecular weight is 343 g/mol. The summed E-state index contributed by atoms with van der Waals surface area (Å²) in [6, 6.07) is 10.7. The van der Waals surface area contributed by atoms with Crippen LogP contribution in [0.15, 0.2) is 47.5 Å². The van der Waals surface area contributed by atoms with Gasteiger partial charge in [0.25, 0.3) is 0 Å². The molecule has 0 saturated heterocycles. The number of allylic oxidation sites excluding steroid dienone is 1. The van der Waals surface area contributed by atoms with Gasteiger partial charge in [-0.3, -0.25) is 4.99 Å². The third-order valence-corrected chi connectivity index (χ3v) is 4.80. The van der Waals surface area contributed by atoms with Gasteiger partial charge in [0.05, 0.1) is 16.2 Å². The second-order valence-corrected chi connectivity index (χ2v) is 7.08. The Morgan fingerprint density at radius 1 is 1.17 bits per heavy atom. The van der Waals surface area contributed by atoms with E-state index in [-0.39, 0.29) is 10.6 Å². The molecule has 4 heteroatoms. The molecule has 0 unspecified atom stereocenters. The van der Waals surface area contributed by atoms with Gasteiger partial charge < -0.3 is 4.90 Å². The summed E-state index contributed by atoms with van der Waals surface area (Å²) in [4.78, 5) is 6.66. The van der Waals surface area contributed by atoms with Crippen LogP contribution < -0.4 is 4.90 Å². The van der Waals surface area contributed by atoms with Crippen LogP contribution in [0.2, 0.25) is 5.02 Å².